The van der Waals surface area contributed by atoms with Crippen molar-refractivity contribution in [2.45, 2.75) is 31.6 Å². The quantitative estimate of drug-likeness (QED) is 0.0972. The number of allylic oxidation sites excluding steroid dienone is 4. The molecule has 0 bridgehead atoms. The molecule has 41 heavy (non-hydrogen) atoms. The van der Waals surface area contributed by atoms with E-state index in [1.165, 1.54) is 27.1 Å². The molecule has 0 unspecified atom stereocenters. The van der Waals surface area contributed by atoms with Gasteiger partial charge in [-0.2, -0.15) is 8.42 Å². The second-order valence-electron chi connectivity index (χ2n) is 9.76. The Bertz CT molecular complexity index is 2020. The fraction of sp³-hybridized carbons (Fsp3) is 0.111. The van der Waals surface area contributed by atoms with Crippen LogP contribution in [0.2, 0.25) is 0 Å². The topological polar surface area (TPSA) is 54.4 Å². The van der Waals surface area contributed by atoms with E-state index < -0.39 is 10.1 Å². The molecule has 0 aliphatic carbocycles. The van der Waals surface area contributed by atoms with Gasteiger partial charge in [0, 0.05) is 5.39 Å². The largest absolute Gasteiger partial charge is 2.00 e. The molecular weight excluding hydrogens is 537 g/mol. The smallest absolute Gasteiger partial charge is 1.00 e. The van der Waals surface area contributed by atoms with Crippen molar-refractivity contribution in [2.24, 2.45) is 0 Å². The van der Waals surface area contributed by atoms with Crippen molar-refractivity contribution in [1.29, 1.82) is 0 Å². The SMILES string of the molecule is CC=CCc1ccc2c(ccc3ccccc32)c1S(=O)(=O)O.CC=CCc1cccc2c1ccc1ccccc12.[H-].[H-].[Mg+2]. The molecule has 0 heterocycles. The molecular formula is C36H34MgO3S. The Hall–Kier alpha value is -3.48. The third-order valence-electron chi connectivity index (χ3n) is 7.24. The molecule has 0 saturated heterocycles. The zero-order valence-corrected chi connectivity index (χ0v) is 25.6. The Morgan fingerprint density at radius 2 is 1.05 bits per heavy atom. The van der Waals surface area contributed by atoms with E-state index in [-0.39, 0.29) is 30.8 Å². The van der Waals surface area contributed by atoms with Gasteiger partial charge in [-0.3, -0.25) is 4.55 Å². The summed E-state index contributed by atoms with van der Waals surface area (Å²) in [5, 5.41) is 8.79. The molecule has 3 nitrogen and oxygen atoms in total. The summed E-state index contributed by atoms with van der Waals surface area (Å²) in [4.78, 5) is 0.00820. The maximum Gasteiger partial charge on any atom is 2.00 e. The molecule has 0 aliphatic rings. The zero-order valence-electron chi connectivity index (χ0n) is 25.4. The molecule has 5 heteroatoms. The summed E-state index contributed by atoms with van der Waals surface area (Å²) in [6, 6.07) is 34.8. The molecule has 0 radical (unpaired) electrons. The summed E-state index contributed by atoms with van der Waals surface area (Å²) >= 11 is 0. The number of rotatable bonds is 5. The van der Waals surface area contributed by atoms with Crippen LogP contribution in [0.1, 0.15) is 27.8 Å². The summed E-state index contributed by atoms with van der Waals surface area (Å²) in [5.41, 5.74) is 2.00. The van der Waals surface area contributed by atoms with E-state index in [4.69, 9.17) is 0 Å². The molecule has 0 aliphatic heterocycles. The Morgan fingerprint density at radius 1 is 0.561 bits per heavy atom. The van der Waals surface area contributed by atoms with Crippen molar-refractivity contribution in [3.63, 3.8) is 0 Å². The van der Waals surface area contributed by atoms with Crippen molar-refractivity contribution in [3.8, 4) is 0 Å². The summed E-state index contributed by atoms with van der Waals surface area (Å²) in [6.07, 6.45) is 9.53. The first-order chi connectivity index (χ1) is 19.4. The third-order valence-corrected chi connectivity index (χ3v) is 8.24. The molecule has 6 aromatic rings. The van der Waals surface area contributed by atoms with E-state index in [1.807, 2.05) is 55.5 Å². The van der Waals surface area contributed by atoms with Gasteiger partial charge in [-0.25, -0.2) is 0 Å². The van der Waals surface area contributed by atoms with E-state index >= 15 is 0 Å². The monoisotopic (exact) mass is 570 g/mol. The normalized spacial score (nSPS) is 11.8. The van der Waals surface area contributed by atoms with Gasteiger partial charge in [-0.05, 0) is 75.5 Å². The number of fused-ring (bicyclic) bond motifs is 6. The predicted octanol–water partition coefficient (Wildman–Crippen LogP) is 9.31. The fourth-order valence-corrected chi connectivity index (χ4v) is 6.28. The minimum Gasteiger partial charge on any atom is -1.00 e. The molecule has 0 atom stereocenters. The predicted molar refractivity (Wildman–Crippen MR) is 178 cm³/mol. The van der Waals surface area contributed by atoms with Gasteiger partial charge in [-0.15, -0.1) is 0 Å². The minimum atomic E-state index is -4.29. The molecule has 0 amide bonds. The van der Waals surface area contributed by atoms with Gasteiger partial charge >= 0.3 is 23.1 Å². The second kappa shape index (κ2) is 13.5. The van der Waals surface area contributed by atoms with Crippen LogP contribution < -0.4 is 0 Å². The summed E-state index contributed by atoms with van der Waals surface area (Å²) in [7, 11) is -4.29. The van der Waals surface area contributed by atoms with E-state index in [0.29, 0.717) is 17.4 Å². The van der Waals surface area contributed by atoms with Gasteiger partial charge in [-0.1, -0.05) is 127 Å². The van der Waals surface area contributed by atoms with Gasteiger partial charge in [0.15, 0.2) is 0 Å². The zero-order chi connectivity index (χ0) is 28.1. The van der Waals surface area contributed by atoms with E-state index in [0.717, 1.165) is 22.6 Å². The molecule has 0 aromatic heterocycles. The fourth-order valence-electron chi connectivity index (χ4n) is 5.34. The van der Waals surface area contributed by atoms with Crippen LogP contribution in [0.25, 0.3) is 43.1 Å². The molecule has 0 spiro atoms. The first-order valence-electron chi connectivity index (χ1n) is 13.4. The summed E-state index contributed by atoms with van der Waals surface area (Å²) in [6.45, 7) is 3.95. The maximum atomic E-state index is 11.9. The maximum absolute atomic E-state index is 11.9. The van der Waals surface area contributed by atoms with Crippen molar-refractivity contribution in [3.05, 3.63) is 139 Å². The molecule has 1 N–H and O–H groups in total. The molecule has 0 fully saturated rings. The Morgan fingerprint density at radius 3 is 1.63 bits per heavy atom. The number of benzene rings is 6. The number of hydrogen-bond donors (Lipinski definition) is 1. The van der Waals surface area contributed by atoms with Crippen LogP contribution in [0, 0.1) is 0 Å². The van der Waals surface area contributed by atoms with Gasteiger partial charge < -0.3 is 2.85 Å². The second-order valence-corrected chi connectivity index (χ2v) is 11.1. The molecule has 204 valence electrons. The van der Waals surface area contributed by atoms with Gasteiger partial charge in [0.1, 0.15) is 4.90 Å². The Labute approximate surface area is 261 Å². The molecule has 0 saturated carbocycles. The van der Waals surface area contributed by atoms with Crippen molar-refractivity contribution >= 4 is 76.3 Å². The molecule has 6 aromatic carbocycles. The summed E-state index contributed by atoms with van der Waals surface area (Å²) < 4.78 is 33.5. The van der Waals surface area contributed by atoms with Crippen LogP contribution in [-0.4, -0.2) is 36.0 Å². The van der Waals surface area contributed by atoms with Gasteiger partial charge in [0.25, 0.3) is 10.1 Å². The average Bonchev–Trinajstić information content (AvgIpc) is 2.98. The summed E-state index contributed by atoms with van der Waals surface area (Å²) in [5.74, 6) is 0. The Kier molecular flexibility index (Phi) is 10.00. The van der Waals surface area contributed by atoms with Crippen molar-refractivity contribution < 1.29 is 15.8 Å². The van der Waals surface area contributed by atoms with Crippen LogP contribution in [0.5, 0.6) is 0 Å². The van der Waals surface area contributed by atoms with Gasteiger partial charge in [0.05, 0.1) is 0 Å². The van der Waals surface area contributed by atoms with Crippen molar-refractivity contribution in [2.75, 3.05) is 0 Å². The van der Waals surface area contributed by atoms with Crippen LogP contribution >= 0.6 is 0 Å². The third kappa shape index (κ3) is 6.55. The first kappa shape index (κ1) is 30.5. The van der Waals surface area contributed by atoms with Crippen molar-refractivity contribution in [1.82, 2.24) is 0 Å². The van der Waals surface area contributed by atoms with Crippen LogP contribution in [-0.2, 0) is 23.0 Å². The number of hydrogen-bond acceptors (Lipinski definition) is 2. The molecule has 6 rings (SSSR count). The van der Waals surface area contributed by atoms with Crippen LogP contribution in [0.15, 0.2) is 132 Å². The van der Waals surface area contributed by atoms with Crippen LogP contribution in [0.3, 0.4) is 0 Å². The van der Waals surface area contributed by atoms with E-state index in [2.05, 4.69) is 73.7 Å². The van der Waals surface area contributed by atoms with E-state index in [1.54, 1.807) is 12.1 Å². The Balaban J connectivity index is 0.000000285. The average molecular weight is 571 g/mol. The van der Waals surface area contributed by atoms with E-state index in [9.17, 15) is 13.0 Å². The first-order valence-corrected chi connectivity index (χ1v) is 14.9. The standard InChI is InChI=1S/C18H16O3S.C18H16.Mg.2H/c1-2-3-6-14-10-11-16-15-8-5-4-7-13(15)9-12-17(16)18(14)22(19,20)21;1-2-3-7-14-9-6-11-18-16-10-5-4-8-15(16)12-13-17(14)18;;;/h2-5,7-12H,6H2,1H3,(H,19,20,21);2-6,8-13H,7H2,1H3;;;/q;;+2;2*-1. The minimum absolute atomic E-state index is 0. The van der Waals surface area contributed by atoms with Gasteiger partial charge in [0.2, 0.25) is 0 Å². The van der Waals surface area contributed by atoms with Crippen LogP contribution in [0.4, 0.5) is 0 Å².